The molecule has 0 aliphatic carbocycles. The van der Waals surface area contributed by atoms with Gasteiger partial charge in [-0.2, -0.15) is 0 Å². The van der Waals surface area contributed by atoms with Crippen molar-refractivity contribution in [2.24, 2.45) is 0 Å². The molecule has 0 fully saturated rings. The average molecular weight is 279 g/mol. The minimum Gasteiger partial charge on any atom is -0.262 e. The molecule has 4 heteroatoms. The van der Waals surface area contributed by atoms with E-state index in [1.165, 1.54) is 15.1 Å². The molecule has 0 aliphatic rings. The summed E-state index contributed by atoms with van der Waals surface area (Å²) in [6.07, 6.45) is 2.67. The van der Waals surface area contributed by atoms with Crippen LogP contribution < -0.4 is 0 Å². The Labute approximate surface area is 80.4 Å². The third kappa shape index (κ3) is 2.67. The van der Waals surface area contributed by atoms with Gasteiger partial charge in [-0.05, 0) is 20.3 Å². The monoisotopic (exact) mass is 279 g/mol. The molecule has 0 amide bonds. The molecule has 0 N–H and O–H groups in total. The van der Waals surface area contributed by atoms with Gasteiger partial charge in [-0.15, -0.1) is 0 Å². The fourth-order valence-electron chi connectivity index (χ4n) is 0.551. The van der Waals surface area contributed by atoms with Crippen molar-refractivity contribution < 1.29 is 4.39 Å². The third-order valence-corrected chi connectivity index (χ3v) is 1.84. The molecule has 0 unspecified atom stereocenters. The molecular weight excluding hydrogens is 276 g/mol. The van der Waals surface area contributed by atoms with Crippen molar-refractivity contribution in [3.63, 3.8) is 0 Å². The molecule has 1 rings (SSSR count). The Hall–Kier alpha value is -0.280. The largest absolute Gasteiger partial charge is 0.262 e. The van der Waals surface area contributed by atoms with Crippen LogP contribution in [0.4, 0.5) is 4.39 Å². The quantitative estimate of drug-likeness (QED) is 0.535. The zero-order valence-electron chi connectivity index (χ0n) is 5.34. The number of halogens is 2. The highest BCUT2D eigenvalue weighted by atomic mass is 127. The van der Waals surface area contributed by atoms with Gasteiger partial charge in [-0.25, -0.2) is 4.39 Å². The van der Waals surface area contributed by atoms with E-state index in [0.717, 1.165) is 6.20 Å². The first-order valence-electron chi connectivity index (χ1n) is 2.72. The lowest BCUT2D eigenvalue weighted by atomic mass is 10.3. The summed E-state index contributed by atoms with van der Waals surface area (Å²) in [5.41, 5.74) is 0.393. The maximum atomic E-state index is 12.7. The van der Waals surface area contributed by atoms with Crippen molar-refractivity contribution >= 4 is 30.1 Å². The van der Waals surface area contributed by atoms with Crippen molar-refractivity contribution in [2.75, 3.05) is 0 Å². The van der Waals surface area contributed by atoms with E-state index in [2.05, 4.69) is 16.2 Å². The molecule has 0 saturated carbocycles. The minimum atomic E-state index is -0.370. The van der Waals surface area contributed by atoms with Crippen LogP contribution in [-0.2, 0) is 0 Å². The Morgan fingerprint density at radius 3 is 3.09 bits per heavy atom. The van der Waals surface area contributed by atoms with Crippen molar-refractivity contribution in [1.82, 2.24) is 4.98 Å². The molecule has 1 aromatic rings. The van der Waals surface area contributed by atoms with Crippen molar-refractivity contribution in [1.29, 1.82) is 0 Å². The first-order chi connectivity index (χ1) is 5.34. The zero-order valence-corrected chi connectivity index (χ0v) is 8.32. The number of hydrogen-bond acceptors (Lipinski definition) is 2. The number of hydrogen-bond donors (Lipinski definition) is 0. The van der Waals surface area contributed by atoms with Gasteiger partial charge in [0.15, 0.2) is 5.82 Å². The van der Waals surface area contributed by atoms with Crippen LogP contribution in [0.15, 0.2) is 18.5 Å². The van der Waals surface area contributed by atoms with Crippen LogP contribution in [0.2, 0.25) is 0 Å². The summed E-state index contributed by atoms with van der Waals surface area (Å²) >= 11 is 2.03. The normalized spacial score (nSPS) is 8.55. The van der Waals surface area contributed by atoms with Gasteiger partial charge in [-0.3, -0.25) is 4.98 Å². The second kappa shape index (κ2) is 4.57. The predicted molar refractivity (Wildman–Crippen MR) is 52.7 cm³/mol. The molecule has 0 bridgehead atoms. The molecule has 1 heterocycles. The van der Waals surface area contributed by atoms with Crippen LogP contribution in [0.3, 0.4) is 0 Å². The first kappa shape index (κ1) is 8.81. The summed E-state index contributed by atoms with van der Waals surface area (Å²) in [5, 5.41) is 2.69. The molecule has 0 aliphatic heterocycles. The Morgan fingerprint density at radius 1 is 1.64 bits per heavy atom. The molecule has 0 radical (unpaired) electrons. The van der Waals surface area contributed by atoms with Gasteiger partial charge in [0, 0.05) is 27.4 Å². The molecule has 1 aromatic heterocycles. The highest BCUT2D eigenvalue weighted by molar-refractivity contribution is 14.2. The van der Waals surface area contributed by atoms with E-state index in [1.54, 1.807) is 6.07 Å². The fraction of sp³-hybridized carbons (Fsp3) is 0. The van der Waals surface area contributed by atoms with E-state index < -0.39 is 0 Å². The summed E-state index contributed by atoms with van der Waals surface area (Å²) < 4.78 is 12.7. The summed E-state index contributed by atoms with van der Waals surface area (Å²) in [4.78, 5) is 3.60. The van der Waals surface area contributed by atoms with Gasteiger partial charge in [0.1, 0.15) is 0 Å². The highest BCUT2D eigenvalue weighted by Gasteiger charge is 1.94. The van der Waals surface area contributed by atoms with Crippen LogP contribution in [-0.4, -0.2) is 4.98 Å². The van der Waals surface area contributed by atoms with Crippen molar-refractivity contribution in [2.45, 2.75) is 0 Å². The van der Waals surface area contributed by atoms with Crippen molar-refractivity contribution in [3.05, 3.63) is 29.8 Å². The lowest BCUT2D eigenvalue weighted by molar-refractivity contribution is 0.618. The van der Waals surface area contributed by atoms with Gasteiger partial charge in [0.2, 0.25) is 0 Å². The number of nitrogens with zero attached hydrogens (tertiary/aromatic N) is 1. The van der Waals surface area contributed by atoms with Gasteiger partial charge >= 0.3 is 0 Å². The fourth-order valence-corrected chi connectivity index (χ4v) is 1.03. The summed E-state index contributed by atoms with van der Waals surface area (Å²) in [7, 11) is 1.33. The molecule has 1 nitrogen and oxygen atoms in total. The van der Waals surface area contributed by atoms with E-state index in [1.807, 2.05) is 21.2 Å². The van der Waals surface area contributed by atoms with Crippen LogP contribution in [0.25, 0.3) is 0 Å². The molecule has 11 heavy (non-hydrogen) atoms. The number of rotatable bonds is 0. The van der Waals surface area contributed by atoms with Crippen LogP contribution >= 0.6 is 30.1 Å². The molecule has 56 valence electrons. The van der Waals surface area contributed by atoms with Crippen LogP contribution in [0, 0.1) is 17.0 Å². The molecule has 0 saturated heterocycles. The third-order valence-electron chi connectivity index (χ3n) is 0.997. The molecular formula is C7H3FINS. The predicted octanol–water partition coefficient (Wildman–Crippen LogP) is 2.61. The van der Waals surface area contributed by atoms with Gasteiger partial charge in [-0.1, -0.05) is 5.92 Å². The van der Waals surface area contributed by atoms with E-state index in [0.29, 0.717) is 5.56 Å². The Balaban J connectivity index is 2.95. The Kier molecular flexibility index (Phi) is 3.66. The SMILES string of the molecule is Fc1cnccc1C#CSI. The van der Waals surface area contributed by atoms with Gasteiger partial charge in [0.25, 0.3) is 0 Å². The lowest BCUT2D eigenvalue weighted by Gasteiger charge is -1.89. The smallest absolute Gasteiger partial charge is 0.157 e. The topological polar surface area (TPSA) is 12.9 Å². The second-order valence-corrected chi connectivity index (χ2v) is 3.34. The van der Waals surface area contributed by atoms with Crippen LogP contribution in [0.5, 0.6) is 0 Å². The average Bonchev–Trinajstić information content (AvgIpc) is 2.03. The second-order valence-electron chi connectivity index (χ2n) is 1.66. The van der Waals surface area contributed by atoms with E-state index in [9.17, 15) is 4.39 Å². The van der Waals surface area contributed by atoms with Crippen LogP contribution in [0.1, 0.15) is 5.56 Å². The first-order valence-corrected chi connectivity index (χ1v) is 6.08. The summed E-state index contributed by atoms with van der Waals surface area (Å²) in [6.45, 7) is 0. The summed E-state index contributed by atoms with van der Waals surface area (Å²) in [5.74, 6) is 2.28. The number of aromatic nitrogens is 1. The maximum absolute atomic E-state index is 12.7. The maximum Gasteiger partial charge on any atom is 0.157 e. The Bertz CT molecular complexity index is 305. The van der Waals surface area contributed by atoms with E-state index in [-0.39, 0.29) is 5.82 Å². The molecule has 0 spiro atoms. The molecule has 0 aromatic carbocycles. The van der Waals surface area contributed by atoms with Gasteiger partial charge < -0.3 is 0 Å². The van der Waals surface area contributed by atoms with E-state index in [4.69, 9.17) is 0 Å². The standard InChI is InChI=1S/C7H3FINS/c8-7-5-10-3-1-6(7)2-4-11-9/h1,3,5H. The zero-order chi connectivity index (χ0) is 8.10. The van der Waals surface area contributed by atoms with Gasteiger partial charge in [0.05, 0.1) is 11.8 Å². The Morgan fingerprint density at radius 2 is 2.45 bits per heavy atom. The van der Waals surface area contributed by atoms with Crippen molar-refractivity contribution in [3.8, 4) is 11.2 Å². The summed E-state index contributed by atoms with van der Waals surface area (Å²) in [6, 6.07) is 1.55. The highest BCUT2D eigenvalue weighted by Crippen LogP contribution is 2.09. The minimum absolute atomic E-state index is 0.370. The van der Waals surface area contributed by atoms with E-state index >= 15 is 0 Å². The number of pyridine rings is 1. The molecule has 0 atom stereocenters. The lowest BCUT2D eigenvalue weighted by Crippen LogP contribution is -1.82.